The molecule has 60 valence electrons. The summed E-state index contributed by atoms with van der Waals surface area (Å²) in [7, 11) is 3.81. The maximum absolute atomic E-state index is 5.53. The second-order valence-corrected chi connectivity index (χ2v) is 2.68. The summed E-state index contributed by atoms with van der Waals surface area (Å²) in [6.45, 7) is 0. The zero-order valence-corrected chi connectivity index (χ0v) is 6.91. The van der Waals surface area contributed by atoms with Crippen LogP contribution in [-0.4, -0.2) is 24.8 Å². The summed E-state index contributed by atoms with van der Waals surface area (Å²) >= 11 is 0. The molecule has 0 atom stereocenters. The highest BCUT2D eigenvalue weighted by molar-refractivity contribution is 5.97. The van der Waals surface area contributed by atoms with Gasteiger partial charge in [-0.3, -0.25) is 0 Å². The van der Waals surface area contributed by atoms with Crippen LogP contribution < -0.4 is 5.73 Å². The molecule has 1 rings (SSSR count). The highest BCUT2D eigenvalue weighted by Crippen LogP contribution is 2.03. The van der Waals surface area contributed by atoms with Crippen molar-refractivity contribution in [2.75, 3.05) is 14.1 Å². The third-order valence-electron chi connectivity index (χ3n) is 1.34. The molecule has 0 saturated heterocycles. The average molecular weight is 151 g/mol. The fourth-order valence-corrected chi connectivity index (χ4v) is 0.882. The first kappa shape index (κ1) is 7.85. The van der Waals surface area contributed by atoms with Gasteiger partial charge in [0.15, 0.2) is 0 Å². The zero-order chi connectivity index (χ0) is 8.27. The van der Waals surface area contributed by atoms with E-state index in [1.54, 1.807) is 5.01 Å². The van der Waals surface area contributed by atoms with E-state index >= 15 is 0 Å². The van der Waals surface area contributed by atoms with E-state index in [0.717, 1.165) is 17.8 Å². The van der Waals surface area contributed by atoms with E-state index in [9.17, 15) is 0 Å². The van der Waals surface area contributed by atoms with Crippen LogP contribution in [0.5, 0.6) is 0 Å². The molecule has 2 N–H and O–H groups in total. The van der Waals surface area contributed by atoms with Gasteiger partial charge in [-0.2, -0.15) is 5.10 Å². The monoisotopic (exact) mass is 151 g/mol. The summed E-state index contributed by atoms with van der Waals surface area (Å²) in [5.41, 5.74) is 7.40. The number of nitrogens with two attached hydrogens (primary N) is 1. The van der Waals surface area contributed by atoms with Crippen LogP contribution >= 0.6 is 0 Å². The van der Waals surface area contributed by atoms with Crippen molar-refractivity contribution in [3.8, 4) is 0 Å². The molecular formula is C8H13N3. The first-order valence-corrected chi connectivity index (χ1v) is 3.57. The Kier molecular flexibility index (Phi) is 2.31. The SMILES string of the molecule is CN(C)N=C1C=CC(N)=CC1. The summed E-state index contributed by atoms with van der Waals surface area (Å²) in [6, 6.07) is 0. The topological polar surface area (TPSA) is 41.6 Å². The van der Waals surface area contributed by atoms with E-state index in [1.807, 2.05) is 32.3 Å². The number of allylic oxidation sites excluding steroid dienone is 3. The lowest BCUT2D eigenvalue weighted by Crippen LogP contribution is -2.09. The maximum Gasteiger partial charge on any atom is 0.0644 e. The minimum absolute atomic E-state index is 0.822. The Hall–Kier alpha value is -1.25. The standard InChI is InChI=1S/C8H13N3/c1-11(2)10-8-5-3-7(9)4-6-8/h3-5H,6,9H2,1-2H3. The lowest BCUT2D eigenvalue weighted by molar-refractivity contribution is 0.437. The van der Waals surface area contributed by atoms with Crippen LogP contribution in [0.15, 0.2) is 29.0 Å². The molecule has 0 aliphatic heterocycles. The molecule has 3 nitrogen and oxygen atoms in total. The third kappa shape index (κ3) is 2.45. The molecule has 3 heteroatoms. The minimum atomic E-state index is 0.822. The van der Waals surface area contributed by atoms with Gasteiger partial charge in [-0.05, 0) is 12.2 Å². The predicted molar refractivity (Wildman–Crippen MR) is 47.1 cm³/mol. The van der Waals surface area contributed by atoms with Crippen molar-refractivity contribution < 1.29 is 0 Å². The van der Waals surface area contributed by atoms with Crippen molar-refractivity contribution in [3.63, 3.8) is 0 Å². The maximum atomic E-state index is 5.53. The molecule has 1 aliphatic rings. The van der Waals surface area contributed by atoms with Gasteiger partial charge in [-0.15, -0.1) is 0 Å². The molecule has 0 saturated carbocycles. The van der Waals surface area contributed by atoms with Gasteiger partial charge in [0.25, 0.3) is 0 Å². The van der Waals surface area contributed by atoms with Crippen LogP contribution in [0.2, 0.25) is 0 Å². The molecule has 0 unspecified atom stereocenters. The van der Waals surface area contributed by atoms with Crippen molar-refractivity contribution in [2.24, 2.45) is 10.8 Å². The molecule has 0 fully saturated rings. The molecule has 11 heavy (non-hydrogen) atoms. The summed E-state index contributed by atoms with van der Waals surface area (Å²) in [4.78, 5) is 0. The van der Waals surface area contributed by atoms with Gasteiger partial charge in [-0.1, -0.05) is 6.08 Å². The summed E-state index contributed by atoms with van der Waals surface area (Å²) in [5.74, 6) is 0. The Labute approximate surface area is 66.9 Å². The van der Waals surface area contributed by atoms with E-state index in [4.69, 9.17) is 5.73 Å². The Morgan fingerprint density at radius 2 is 2.18 bits per heavy atom. The van der Waals surface area contributed by atoms with Gasteiger partial charge >= 0.3 is 0 Å². The van der Waals surface area contributed by atoms with Crippen molar-refractivity contribution >= 4 is 5.71 Å². The fourth-order valence-electron chi connectivity index (χ4n) is 0.882. The molecule has 0 amide bonds. The number of rotatable bonds is 1. The van der Waals surface area contributed by atoms with E-state index in [0.29, 0.717) is 0 Å². The van der Waals surface area contributed by atoms with Gasteiger partial charge in [0.05, 0.1) is 5.71 Å². The summed E-state index contributed by atoms with van der Waals surface area (Å²) < 4.78 is 0. The second kappa shape index (κ2) is 3.23. The van der Waals surface area contributed by atoms with Gasteiger partial charge < -0.3 is 10.7 Å². The lowest BCUT2D eigenvalue weighted by atomic mass is 10.1. The normalized spacial score (nSPS) is 20.2. The van der Waals surface area contributed by atoms with Crippen LogP contribution in [0.25, 0.3) is 0 Å². The molecule has 0 heterocycles. The summed E-state index contributed by atoms with van der Waals surface area (Å²) in [6.07, 6.45) is 6.60. The van der Waals surface area contributed by atoms with Crippen molar-refractivity contribution in [1.82, 2.24) is 5.01 Å². The largest absolute Gasteiger partial charge is 0.399 e. The van der Waals surface area contributed by atoms with Gasteiger partial charge in [0.1, 0.15) is 0 Å². The van der Waals surface area contributed by atoms with E-state index < -0.39 is 0 Å². The predicted octanol–water partition coefficient (Wildman–Crippen LogP) is 0.707. The van der Waals surface area contributed by atoms with E-state index in [2.05, 4.69) is 5.10 Å². The molecule has 0 aromatic carbocycles. The number of hydrogen-bond donors (Lipinski definition) is 1. The fraction of sp³-hybridized carbons (Fsp3) is 0.375. The van der Waals surface area contributed by atoms with Crippen LogP contribution in [0.3, 0.4) is 0 Å². The second-order valence-electron chi connectivity index (χ2n) is 2.68. The van der Waals surface area contributed by atoms with Crippen LogP contribution in [0.1, 0.15) is 6.42 Å². The van der Waals surface area contributed by atoms with Crippen LogP contribution in [0, 0.1) is 0 Å². The number of hydrogen-bond acceptors (Lipinski definition) is 3. The third-order valence-corrected chi connectivity index (χ3v) is 1.34. The van der Waals surface area contributed by atoms with E-state index in [-0.39, 0.29) is 0 Å². The smallest absolute Gasteiger partial charge is 0.0644 e. The molecular weight excluding hydrogens is 138 g/mol. The molecule has 0 radical (unpaired) electrons. The molecule has 1 aliphatic carbocycles. The highest BCUT2D eigenvalue weighted by Gasteiger charge is 1.98. The number of hydrazone groups is 1. The molecule has 0 aromatic heterocycles. The summed E-state index contributed by atoms with van der Waals surface area (Å²) in [5, 5.41) is 6.02. The van der Waals surface area contributed by atoms with Crippen LogP contribution in [-0.2, 0) is 0 Å². The first-order chi connectivity index (χ1) is 5.18. The number of nitrogens with zero attached hydrogens (tertiary/aromatic N) is 2. The first-order valence-electron chi connectivity index (χ1n) is 3.57. The van der Waals surface area contributed by atoms with Crippen LogP contribution in [0.4, 0.5) is 0 Å². The van der Waals surface area contributed by atoms with Gasteiger partial charge in [0.2, 0.25) is 0 Å². The lowest BCUT2D eigenvalue weighted by Gasteiger charge is -2.08. The Morgan fingerprint density at radius 1 is 1.45 bits per heavy atom. The van der Waals surface area contributed by atoms with Crippen molar-refractivity contribution in [1.29, 1.82) is 0 Å². The molecule has 0 aromatic rings. The van der Waals surface area contributed by atoms with Gasteiger partial charge in [-0.25, -0.2) is 0 Å². The minimum Gasteiger partial charge on any atom is -0.399 e. The Balaban J connectivity index is 2.62. The van der Waals surface area contributed by atoms with E-state index in [1.165, 1.54) is 0 Å². The van der Waals surface area contributed by atoms with Crippen molar-refractivity contribution in [2.45, 2.75) is 6.42 Å². The van der Waals surface area contributed by atoms with Gasteiger partial charge in [0, 0.05) is 26.2 Å². The molecule has 0 bridgehead atoms. The zero-order valence-electron chi connectivity index (χ0n) is 6.91. The molecule has 0 spiro atoms. The average Bonchev–Trinajstić information content (AvgIpc) is 1.93. The Morgan fingerprint density at radius 3 is 2.64 bits per heavy atom. The quantitative estimate of drug-likeness (QED) is 0.561. The van der Waals surface area contributed by atoms with Crippen molar-refractivity contribution in [3.05, 3.63) is 23.9 Å². The Bertz CT molecular complexity index is 223. The highest BCUT2D eigenvalue weighted by atomic mass is 15.4.